The molecule has 0 aliphatic heterocycles. The van der Waals surface area contributed by atoms with Gasteiger partial charge in [-0.3, -0.25) is 4.79 Å². The zero-order valence-electron chi connectivity index (χ0n) is 12.9. The van der Waals surface area contributed by atoms with Crippen LogP contribution in [0.25, 0.3) is 0 Å². The van der Waals surface area contributed by atoms with Crippen molar-refractivity contribution in [1.29, 1.82) is 0 Å². The minimum absolute atomic E-state index is 0.0382. The summed E-state index contributed by atoms with van der Waals surface area (Å²) in [6.07, 6.45) is 0. The Morgan fingerprint density at radius 3 is 2.29 bits per heavy atom. The smallest absolute Gasteiger partial charge is 0.242 e. The summed E-state index contributed by atoms with van der Waals surface area (Å²) in [5.74, 6) is -0.0591. The van der Waals surface area contributed by atoms with Gasteiger partial charge in [0.1, 0.15) is 0 Å². The molecule has 21 heavy (non-hydrogen) atoms. The molecule has 1 aromatic carbocycles. The van der Waals surface area contributed by atoms with Gasteiger partial charge in [-0.1, -0.05) is 12.1 Å². The quantitative estimate of drug-likeness (QED) is 0.777. The molecule has 1 amide bonds. The van der Waals surface area contributed by atoms with Crippen LogP contribution < -0.4 is 10.6 Å². The Hall–Kier alpha value is -1.44. The topological polar surface area (TPSA) is 78.5 Å². The lowest BCUT2D eigenvalue weighted by molar-refractivity contribution is -0.120. The second-order valence-corrected chi connectivity index (χ2v) is 7.06. The average molecular weight is 313 g/mol. The first-order valence-electron chi connectivity index (χ1n) is 6.81. The Labute approximate surface area is 126 Å². The van der Waals surface area contributed by atoms with Crippen molar-refractivity contribution in [3.8, 4) is 0 Å². The molecular formula is C14H23N3O3S. The molecule has 0 saturated heterocycles. The monoisotopic (exact) mass is 313 g/mol. The van der Waals surface area contributed by atoms with Gasteiger partial charge < -0.3 is 10.6 Å². The van der Waals surface area contributed by atoms with Crippen LogP contribution in [0.15, 0.2) is 29.2 Å². The highest BCUT2D eigenvalue weighted by Gasteiger charge is 2.17. The lowest BCUT2D eigenvalue weighted by Gasteiger charge is -2.15. The summed E-state index contributed by atoms with van der Waals surface area (Å²) in [4.78, 5) is 11.6. The van der Waals surface area contributed by atoms with Crippen molar-refractivity contribution in [2.75, 3.05) is 27.2 Å². The summed E-state index contributed by atoms with van der Waals surface area (Å²) in [7, 11) is -0.404. The second-order valence-electron chi connectivity index (χ2n) is 4.91. The first-order chi connectivity index (χ1) is 9.78. The Morgan fingerprint density at radius 2 is 1.81 bits per heavy atom. The van der Waals surface area contributed by atoms with Crippen LogP contribution in [-0.2, 0) is 14.8 Å². The molecular weight excluding hydrogens is 290 g/mol. The van der Waals surface area contributed by atoms with Crippen molar-refractivity contribution in [3.05, 3.63) is 29.8 Å². The molecule has 2 N–H and O–H groups in total. The number of nitrogens with zero attached hydrogens (tertiary/aromatic N) is 1. The fourth-order valence-corrected chi connectivity index (χ4v) is 2.66. The second kappa shape index (κ2) is 7.53. The van der Waals surface area contributed by atoms with E-state index in [9.17, 15) is 13.2 Å². The largest absolute Gasteiger partial charge is 0.355 e. The maximum atomic E-state index is 12.0. The van der Waals surface area contributed by atoms with E-state index < -0.39 is 10.0 Å². The van der Waals surface area contributed by atoms with Gasteiger partial charge in [-0.2, -0.15) is 0 Å². The van der Waals surface area contributed by atoms with Crippen molar-refractivity contribution >= 4 is 15.9 Å². The molecule has 6 nitrogen and oxygen atoms in total. The fourth-order valence-electron chi connectivity index (χ4n) is 1.76. The number of likely N-dealkylation sites (N-methyl/N-ethyl adjacent to an activating group) is 1. The third kappa shape index (κ3) is 4.80. The number of hydrogen-bond acceptors (Lipinski definition) is 4. The summed E-state index contributed by atoms with van der Waals surface area (Å²) in [5, 5.41) is 5.80. The van der Waals surface area contributed by atoms with E-state index in [0.717, 1.165) is 5.56 Å². The highest BCUT2D eigenvalue weighted by atomic mass is 32.2. The third-order valence-electron chi connectivity index (χ3n) is 3.10. The molecule has 0 aliphatic carbocycles. The molecule has 0 spiro atoms. The van der Waals surface area contributed by atoms with Gasteiger partial charge >= 0.3 is 0 Å². The number of carbonyl (C=O) groups is 1. The van der Waals surface area contributed by atoms with Gasteiger partial charge in [-0.05, 0) is 31.5 Å². The van der Waals surface area contributed by atoms with Crippen molar-refractivity contribution in [2.45, 2.75) is 24.8 Å². The highest BCUT2D eigenvalue weighted by molar-refractivity contribution is 7.89. The normalized spacial score (nSPS) is 13.2. The number of sulfonamides is 1. The van der Waals surface area contributed by atoms with E-state index in [-0.39, 0.29) is 23.4 Å². The minimum Gasteiger partial charge on any atom is -0.355 e. The van der Waals surface area contributed by atoms with Gasteiger partial charge in [0, 0.05) is 26.7 Å². The molecule has 0 heterocycles. The molecule has 1 aromatic rings. The van der Waals surface area contributed by atoms with E-state index in [1.807, 2.05) is 13.8 Å². The van der Waals surface area contributed by atoms with E-state index in [2.05, 4.69) is 10.6 Å². The molecule has 0 bridgehead atoms. The standard InChI is InChI=1S/C14H23N3O3S/c1-5-15-14(18)10-16-11(2)12-6-8-13(9-7-12)21(19,20)17(3)4/h6-9,11,16H,5,10H2,1-4H3,(H,15,18). The number of benzene rings is 1. The van der Waals surface area contributed by atoms with Gasteiger partial charge in [0.25, 0.3) is 0 Å². The Kier molecular flexibility index (Phi) is 6.32. The lowest BCUT2D eigenvalue weighted by Crippen LogP contribution is -2.34. The van der Waals surface area contributed by atoms with Crippen LogP contribution in [-0.4, -0.2) is 45.8 Å². The maximum absolute atomic E-state index is 12.0. The van der Waals surface area contributed by atoms with Crippen LogP contribution in [0, 0.1) is 0 Å². The molecule has 1 rings (SSSR count). The average Bonchev–Trinajstić information content (AvgIpc) is 2.45. The van der Waals surface area contributed by atoms with Crippen LogP contribution in [0.1, 0.15) is 25.5 Å². The van der Waals surface area contributed by atoms with Crippen LogP contribution in [0.2, 0.25) is 0 Å². The van der Waals surface area contributed by atoms with E-state index >= 15 is 0 Å². The Balaban J connectivity index is 2.72. The predicted molar refractivity (Wildman–Crippen MR) is 82.4 cm³/mol. The Bertz CT molecular complexity index is 568. The molecule has 0 radical (unpaired) electrons. The van der Waals surface area contributed by atoms with Crippen LogP contribution in [0.4, 0.5) is 0 Å². The van der Waals surface area contributed by atoms with Gasteiger partial charge in [0.05, 0.1) is 11.4 Å². The molecule has 0 saturated carbocycles. The predicted octanol–water partition coefficient (Wildman–Crippen LogP) is 0.724. The Morgan fingerprint density at radius 1 is 1.24 bits per heavy atom. The molecule has 7 heteroatoms. The zero-order chi connectivity index (χ0) is 16.0. The minimum atomic E-state index is -3.40. The first-order valence-corrected chi connectivity index (χ1v) is 8.25. The maximum Gasteiger partial charge on any atom is 0.242 e. The van der Waals surface area contributed by atoms with E-state index in [1.165, 1.54) is 18.4 Å². The van der Waals surface area contributed by atoms with Gasteiger partial charge in [0.15, 0.2) is 0 Å². The SMILES string of the molecule is CCNC(=O)CNC(C)c1ccc(S(=O)(=O)N(C)C)cc1. The number of rotatable bonds is 7. The van der Waals surface area contributed by atoms with E-state index in [1.54, 1.807) is 24.3 Å². The van der Waals surface area contributed by atoms with Crippen molar-refractivity contribution in [2.24, 2.45) is 0 Å². The third-order valence-corrected chi connectivity index (χ3v) is 4.93. The fraction of sp³-hybridized carbons (Fsp3) is 0.500. The number of carbonyl (C=O) groups excluding carboxylic acids is 1. The summed E-state index contributed by atoms with van der Waals surface area (Å²) >= 11 is 0. The van der Waals surface area contributed by atoms with E-state index in [4.69, 9.17) is 0 Å². The molecule has 0 aliphatic rings. The van der Waals surface area contributed by atoms with Gasteiger partial charge in [-0.15, -0.1) is 0 Å². The summed E-state index contributed by atoms with van der Waals surface area (Å²) in [5.41, 5.74) is 0.928. The van der Waals surface area contributed by atoms with Crippen LogP contribution in [0.5, 0.6) is 0 Å². The van der Waals surface area contributed by atoms with Gasteiger partial charge in [-0.25, -0.2) is 12.7 Å². The molecule has 1 atom stereocenters. The summed E-state index contributed by atoms with van der Waals surface area (Å²) in [6, 6.07) is 6.63. The summed E-state index contributed by atoms with van der Waals surface area (Å²) in [6.45, 7) is 4.62. The lowest BCUT2D eigenvalue weighted by atomic mass is 10.1. The molecule has 1 unspecified atom stereocenters. The van der Waals surface area contributed by atoms with Gasteiger partial charge in [0.2, 0.25) is 15.9 Å². The van der Waals surface area contributed by atoms with Crippen LogP contribution in [0.3, 0.4) is 0 Å². The van der Waals surface area contributed by atoms with Crippen LogP contribution >= 0.6 is 0 Å². The van der Waals surface area contributed by atoms with Crippen molar-refractivity contribution < 1.29 is 13.2 Å². The molecule has 0 fully saturated rings. The molecule has 118 valence electrons. The number of nitrogens with one attached hydrogen (secondary N) is 2. The first kappa shape index (κ1) is 17.6. The summed E-state index contributed by atoms with van der Waals surface area (Å²) < 4.78 is 25.1. The number of hydrogen-bond donors (Lipinski definition) is 2. The zero-order valence-corrected chi connectivity index (χ0v) is 13.7. The van der Waals surface area contributed by atoms with E-state index in [0.29, 0.717) is 6.54 Å². The van der Waals surface area contributed by atoms with Crippen molar-refractivity contribution in [3.63, 3.8) is 0 Å². The molecule has 0 aromatic heterocycles. The van der Waals surface area contributed by atoms with Crippen molar-refractivity contribution in [1.82, 2.24) is 14.9 Å². The highest BCUT2D eigenvalue weighted by Crippen LogP contribution is 2.17. The number of amides is 1.